The first kappa shape index (κ1) is 13.5. The number of nitrogens with zero attached hydrogens (tertiary/aromatic N) is 3. The Kier molecular flexibility index (Phi) is 3.71. The highest BCUT2D eigenvalue weighted by atomic mass is 79.9. The maximum Gasteiger partial charge on any atom is 0.245 e. The molecule has 0 radical (unpaired) electrons. The molecule has 2 heterocycles. The number of piperidine rings is 1. The molecule has 20 heavy (non-hydrogen) atoms. The molecule has 0 amide bonds. The Morgan fingerprint density at radius 3 is 2.80 bits per heavy atom. The number of H-pyrrole nitrogens is 1. The minimum Gasteiger partial charge on any atom is -0.339 e. The van der Waals surface area contributed by atoms with E-state index in [2.05, 4.69) is 36.0 Å². The van der Waals surface area contributed by atoms with Gasteiger partial charge in [-0.25, -0.2) is 4.39 Å². The van der Waals surface area contributed by atoms with Crippen LogP contribution in [0, 0.1) is 5.82 Å². The minimum atomic E-state index is -0.315. The topological polar surface area (TPSA) is 70.8 Å². The number of halogens is 2. The number of hydrogen-bond donors (Lipinski definition) is 2. The van der Waals surface area contributed by atoms with Crippen molar-refractivity contribution >= 4 is 21.9 Å². The number of benzene rings is 1. The molecule has 5 nitrogen and oxygen atoms in total. The second kappa shape index (κ2) is 5.49. The average molecular weight is 340 g/mol. The lowest BCUT2D eigenvalue weighted by Gasteiger charge is -2.28. The lowest BCUT2D eigenvalue weighted by Crippen LogP contribution is -2.40. The van der Waals surface area contributed by atoms with Crippen LogP contribution in [0.5, 0.6) is 0 Å². The number of rotatable bonds is 2. The standard InChI is InChI=1S/C13H15BrFN5/c14-10-2-1-8(7-11(10)15)12-17-13(19-18-12)20-5-3-9(16)4-6-20/h1-2,7,9H,3-6,16H2,(H,17,18,19). The summed E-state index contributed by atoms with van der Waals surface area (Å²) >= 11 is 3.13. The smallest absolute Gasteiger partial charge is 0.245 e. The van der Waals surface area contributed by atoms with Crippen LogP contribution in [-0.4, -0.2) is 34.3 Å². The molecule has 3 rings (SSSR count). The Morgan fingerprint density at radius 1 is 1.35 bits per heavy atom. The normalized spacial score (nSPS) is 16.6. The summed E-state index contributed by atoms with van der Waals surface area (Å²) in [7, 11) is 0. The molecule has 0 spiro atoms. The molecule has 1 aromatic carbocycles. The zero-order valence-electron chi connectivity index (χ0n) is 10.8. The average Bonchev–Trinajstić information content (AvgIpc) is 2.92. The third kappa shape index (κ3) is 2.69. The summed E-state index contributed by atoms with van der Waals surface area (Å²) in [6.45, 7) is 1.71. The van der Waals surface area contributed by atoms with Crippen molar-refractivity contribution in [3.05, 3.63) is 28.5 Å². The van der Waals surface area contributed by atoms with Gasteiger partial charge in [-0.05, 0) is 47.0 Å². The summed E-state index contributed by atoms with van der Waals surface area (Å²) < 4.78 is 14.0. The predicted octanol–water partition coefficient (Wildman–Crippen LogP) is 2.30. The Balaban J connectivity index is 1.81. The van der Waals surface area contributed by atoms with E-state index in [1.165, 1.54) is 6.07 Å². The Morgan fingerprint density at radius 2 is 2.10 bits per heavy atom. The van der Waals surface area contributed by atoms with E-state index in [1.807, 2.05) is 0 Å². The molecule has 106 valence electrons. The molecule has 0 atom stereocenters. The first-order chi connectivity index (χ1) is 9.63. The largest absolute Gasteiger partial charge is 0.339 e. The summed E-state index contributed by atoms with van der Waals surface area (Å²) in [4.78, 5) is 6.53. The summed E-state index contributed by atoms with van der Waals surface area (Å²) in [5, 5.41) is 7.07. The van der Waals surface area contributed by atoms with E-state index in [4.69, 9.17) is 5.73 Å². The van der Waals surface area contributed by atoms with Crippen molar-refractivity contribution in [2.24, 2.45) is 5.73 Å². The third-order valence-corrected chi connectivity index (χ3v) is 4.13. The van der Waals surface area contributed by atoms with Gasteiger partial charge in [0.05, 0.1) is 4.47 Å². The van der Waals surface area contributed by atoms with Gasteiger partial charge in [0.25, 0.3) is 0 Å². The van der Waals surface area contributed by atoms with Gasteiger partial charge in [0.1, 0.15) is 5.82 Å². The predicted molar refractivity (Wildman–Crippen MR) is 78.9 cm³/mol. The molecule has 2 aromatic rings. The van der Waals surface area contributed by atoms with Crippen LogP contribution < -0.4 is 10.6 Å². The molecular formula is C13H15BrFN5. The molecule has 7 heteroatoms. The van der Waals surface area contributed by atoms with Crippen LogP contribution >= 0.6 is 15.9 Å². The van der Waals surface area contributed by atoms with Gasteiger partial charge in [0, 0.05) is 24.7 Å². The van der Waals surface area contributed by atoms with E-state index in [1.54, 1.807) is 12.1 Å². The van der Waals surface area contributed by atoms with Crippen molar-refractivity contribution in [1.82, 2.24) is 15.2 Å². The SMILES string of the molecule is NC1CCN(c2n[nH]c(-c3ccc(Br)c(F)c3)n2)CC1. The van der Waals surface area contributed by atoms with Gasteiger partial charge in [0.2, 0.25) is 5.95 Å². The van der Waals surface area contributed by atoms with E-state index in [9.17, 15) is 4.39 Å². The van der Waals surface area contributed by atoms with Crippen LogP contribution in [0.1, 0.15) is 12.8 Å². The van der Waals surface area contributed by atoms with Gasteiger partial charge >= 0.3 is 0 Å². The summed E-state index contributed by atoms with van der Waals surface area (Å²) in [5.74, 6) is 0.904. The summed E-state index contributed by atoms with van der Waals surface area (Å²) in [5.41, 5.74) is 6.56. The van der Waals surface area contributed by atoms with Crippen molar-refractivity contribution in [1.29, 1.82) is 0 Å². The van der Waals surface area contributed by atoms with Crippen LogP contribution in [0.2, 0.25) is 0 Å². The Hall–Kier alpha value is -1.47. The first-order valence-corrected chi connectivity index (χ1v) is 7.31. The quantitative estimate of drug-likeness (QED) is 0.880. The van der Waals surface area contributed by atoms with Gasteiger partial charge in [-0.15, -0.1) is 5.10 Å². The maximum atomic E-state index is 13.5. The fourth-order valence-electron chi connectivity index (χ4n) is 2.27. The molecule has 1 saturated heterocycles. The van der Waals surface area contributed by atoms with Crippen LogP contribution in [0.25, 0.3) is 11.4 Å². The van der Waals surface area contributed by atoms with E-state index in [0.29, 0.717) is 21.8 Å². The molecular weight excluding hydrogens is 325 g/mol. The maximum absolute atomic E-state index is 13.5. The number of hydrogen-bond acceptors (Lipinski definition) is 4. The lowest BCUT2D eigenvalue weighted by atomic mass is 10.1. The van der Waals surface area contributed by atoms with Crippen molar-refractivity contribution in [2.75, 3.05) is 18.0 Å². The van der Waals surface area contributed by atoms with Crippen LogP contribution in [0.3, 0.4) is 0 Å². The molecule has 0 aliphatic carbocycles. The van der Waals surface area contributed by atoms with E-state index in [0.717, 1.165) is 25.9 Å². The lowest BCUT2D eigenvalue weighted by molar-refractivity contribution is 0.496. The highest BCUT2D eigenvalue weighted by Crippen LogP contribution is 2.24. The van der Waals surface area contributed by atoms with Crippen LogP contribution in [0.15, 0.2) is 22.7 Å². The van der Waals surface area contributed by atoms with Crippen LogP contribution in [0.4, 0.5) is 10.3 Å². The van der Waals surface area contributed by atoms with Crippen molar-refractivity contribution in [3.8, 4) is 11.4 Å². The molecule has 0 unspecified atom stereocenters. The monoisotopic (exact) mass is 339 g/mol. The van der Waals surface area contributed by atoms with E-state index >= 15 is 0 Å². The number of nitrogens with two attached hydrogens (primary N) is 1. The second-order valence-corrected chi connectivity index (χ2v) is 5.79. The first-order valence-electron chi connectivity index (χ1n) is 6.52. The molecule has 1 fully saturated rings. The van der Waals surface area contributed by atoms with Crippen molar-refractivity contribution in [3.63, 3.8) is 0 Å². The molecule has 3 N–H and O–H groups in total. The summed E-state index contributed by atoms with van der Waals surface area (Å²) in [6.07, 6.45) is 1.88. The minimum absolute atomic E-state index is 0.269. The molecule has 0 bridgehead atoms. The van der Waals surface area contributed by atoms with Gasteiger partial charge in [-0.2, -0.15) is 4.98 Å². The molecule has 1 aliphatic rings. The number of aromatic amines is 1. The summed E-state index contributed by atoms with van der Waals surface area (Å²) in [6, 6.07) is 5.15. The Bertz CT molecular complexity index is 607. The zero-order chi connectivity index (χ0) is 14.1. The third-order valence-electron chi connectivity index (χ3n) is 3.49. The van der Waals surface area contributed by atoms with Gasteiger partial charge in [0.15, 0.2) is 5.82 Å². The number of nitrogens with one attached hydrogen (secondary N) is 1. The van der Waals surface area contributed by atoms with E-state index < -0.39 is 0 Å². The Labute approximate surface area is 124 Å². The van der Waals surface area contributed by atoms with Gasteiger partial charge in [-0.3, -0.25) is 5.10 Å². The van der Waals surface area contributed by atoms with E-state index in [-0.39, 0.29) is 11.9 Å². The van der Waals surface area contributed by atoms with Crippen molar-refractivity contribution in [2.45, 2.75) is 18.9 Å². The van der Waals surface area contributed by atoms with Gasteiger partial charge in [-0.1, -0.05) is 0 Å². The van der Waals surface area contributed by atoms with Gasteiger partial charge < -0.3 is 10.6 Å². The zero-order valence-corrected chi connectivity index (χ0v) is 12.4. The molecule has 0 saturated carbocycles. The number of aromatic nitrogens is 3. The molecule has 1 aromatic heterocycles. The molecule has 1 aliphatic heterocycles. The fraction of sp³-hybridized carbons (Fsp3) is 0.385. The highest BCUT2D eigenvalue weighted by molar-refractivity contribution is 9.10. The fourth-order valence-corrected chi connectivity index (χ4v) is 2.51. The van der Waals surface area contributed by atoms with Crippen molar-refractivity contribution < 1.29 is 4.39 Å². The second-order valence-electron chi connectivity index (χ2n) is 4.94. The van der Waals surface area contributed by atoms with Crippen LogP contribution in [-0.2, 0) is 0 Å². The number of anilines is 1. The highest BCUT2D eigenvalue weighted by Gasteiger charge is 2.19.